The van der Waals surface area contributed by atoms with Crippen molar-refractivity contribution in [3.8, 4) is 0 Å². The Labute approximate surface area is 98.4 Å². The molecule has 0 saturated heterocycles. The Morgan fingerprint density at radius 1 is 1.60 bits per heavy atom. The summed E-state index contributed by atoms with van der Waals surface area (Å²) < 4.78 is 0. The Balaban J connectivity index is 2.68. The van der Waals surface area contributed by atoms with Gasteiger partial charge in [-0.1, -0.05) is 11.6 Å². The molecule has 82 valence electrons. The van der Waals surface area contributed by atoms with Gasteiger partial charge in [0, 0.05) is 23.0 Å². The predicted molar refractivity (Wildman–Crippen MR) is 66.6 cm³/mol. The van der Waals surface area contributed by atoms with Crippen molar-refractivity contribution in [2.24, 2.45) is 0 Å². The molecule has 0 aliphatic rings. The van der Waals surface area contributed by atoms with Gasteiger partial charge in [-0.25, -0.2) is 0 Å². The summed E-state index contributed by atoms with van der Waals surface area (Å²) in [6.07, 6.45) is 1.99. The number of anilines is 1. The van der Waals surface area contributed by atoms with Gasteiger partial charge >= 0.3 is 0 Å². The summed E-state index contributed by atoms with van der Waals surface area (Å²) in [6.45, 7) is 0.631. The first-order chi connectivity index (χ1) is 7.15. The van der Waals surface area contributed by atoms with Gasteiger partial charge in [0.1, 0.15) is 0 Å². The summed E-state index contributed by atoms with van der Waals surface area (Å²) in [5.41, 5.74) is 6.55. The lowest BCUT2D eigenvalue weighted by molar-refractivity contribution is 0.0957. The van der Waals surface area contributed by atoms with Crippen LogP contribution in [-0.2, 0) is 0 Å². The number of benzene rings is 1. The van der Waals surface area contributed by atoms with Crippen LogP contribution in [0.1, 0.15) is 10.4 Å². The van der Waals surface area contributed by atoms with E-state index >= 15 is 0 Å². The summed E-state index contributed by atoms with van der Waals surface area (Å²) in [5, 5.41) is 3.28. The molecule has 0 unspecified atom stereocenters. The van der Waals surface area contributed by atoms with Crippen molar-refractivity contribution in [3.05, 3.63) is 28.8 Å². The zero-order chi connectivity index (χ0) is 11.3. The lowest BCUT2D eigenvalue weighted by Gasteiger charge is -2.06. The minimum atomic E-state index is -0.177. The molecule has 15 heavy (non-hydrogen) atoms. The SMILES string of the molecule is CSCCNC(=O)c1cc(Cl)ccc1N. The van der Waals surface area contributed by atoms with Crippen LogP contribution in [-0.4, -0.2) is 24.5 Å². The van der Waals surface area contributed by atoms with E-state index in [-0.39, 0.29) is 5.91 Å². The highest BCUT2D eigenvalue weighted by atomic mass is 35.5. The number of halogens is 1. The summed E-state index contributed by atoms with van der Waals surface area (Å²) >= 11 is 7.46. The molecule has 0 atom stereocenters. The Morgan fingerprint density at radius 3 is 3.00 bits per heavy atom. The highest BCUT2D eigenvalue weighted by Crippen LogP contribution is 2.17. The average molecular weight is 245 g/mol. The van der Waals surface area contributed by atoms with Crippen LogP contribution >= 0.6 is 23.4 Å². The number of rotatable bonds is 4. The molecule has 3 nitrogen and oxygen atoms in total. The van der Waals surface area contributed by atoms with E-state index in [9.17, 15) is 4.79 Å². The van der Waals surface area contributed by atoms with E-state index in [0.717, 1.165) is 5.75 Å². The van der Waals surface area contributed by atoms with Gasteiger partial charge in [0.15, 0.2) is 0 Å². The van der Waals surface area contributed by atoms with Crippen LogP contribution in [0.5, 0.6) is 0 Å². The number of nitrogen functional groups attached to an aromatic ring is 1. The van der Waals surface area contributed by atoms with Gasteiger partial charge in [-0.3, -0.25) is 4.79 Å². The number of amides is 1. The maximum atomic E-state index is 11.6. The third-order valence-electron chi connectivity index (χ3n) is 1.85. The van der Waals surface area contributed by atoms with E-state index in [1.54, 1.807) is 30.0 Å². The van der Waals surface area contributed by atoms with Crippen molar-refractivity contribution in [2.75, 3.05) is 24.3 Å². The van der Waals surface area contributed by atoms with Crippen molar-refractivity contribution in [1.82, 2.24) is 5.32 Å². The van der Waals surface area contributed by atoms with Gasteiger partial charge in [0.25, 0.3) is 5.91 Å². The zero-order valence-electron chi connectivity index (χ0n) is 8.42. The van der Waals surface area contributed by atoms with Gasteiger partial charge in [-0.2, -0.15) is 11.8 Å². The molecular formula is C10H13ClN2OS. The first-order valence-electron chi connectivity index (χ1n) is 4.47. The van der Waals surface area contributed by atoms with Crippen molar-refractivity contribution >= 4 is 35.0 Å². The van der Waals surface area contributed by atoms with E-state index in [1.807, 2.05) is 6.26 Å². The fourth-order valence-electron chi connectivity index (χ4n) is 1.09. The van der Waals surface area contributed by atoms with Crippen LogP contribution in [0.2, 0.25) is 5.02 Å². The van der Waals surface area contributed by atoms with Crippen LogP contribution in [0, 0.1) is 0 Å². The van der Waals surface area contributed by atoms with E-state index in [2.05, 4.69) is 5.32 Å². The lowest BCUT2D eigenvalue weighted by atomic mass is 10.1. The van der Waals surface area contributed by atoms with Gasteiger partial charge in [0.05, 0.1) is 5.56 Å². The largest absolute Gasteiger partial charge is 0.398 e. The molecular weight excluding hydrogens is 232 g/mol. The van der Waals surface area contributed by atoms with Crippen LogP contribution in [0.3, 0.4) is 0 Å². The Morgan fingerprint density at radius 2 is 2.33 bits per heavy atom. The predicted octanol–water partition coefficient (Wildman–Crippen LogP) is 2.02. The number of hydrogen-bond donors (Lipinski definition) is 2. The fourth-order valence-corrected chi connectivity index (χ4v) is 1.57. The molecule has 1 amide bonds. The maximum absolute atomic E-state index is 11.6. The summed E-state index contributed by atoms with van der Waals surface area (Å²) in [7, 11) is 0. The second-order valence-electron chi connectivity index (χ2n) is 2.98. The van der Waals surface area contributed by atoms with Gasteiger partial charge in [0.2, 0.25) is 0 Å². The number of carbonyl (C=O) groups is 1. The van der Waals surface area contributed by atoms with Crippen molar-refractivity contribution in [3.63, 3.8) is 0 Å². The molecule has 0 spiro atoms. The molecule has 0 saturated carbocycles. The Hall–Kier alpha value is -0.870. The Bertz CT molecular complexity index is 357. The first-order valence-corrected chi connectivity index (χ1v) is 6.24. The molecule has 1 rings (SSSR count). The topological polar surface area (TPSA) is 55.1 Å². The van der Waals surface area contributed by atoms with Crippen LogP contribution < -0.4 is 11.1 Å². The average Bonchev–Trinajstić information content (AvgIpc) is 2.22. The molecule has 0 radical (unpaired) electrons. The summed E-state index contributed by atoms with van der Waals surface area (Å²) in [4.78, 5) is 11.6. The second kappa shape index (κ2) is 5.88. The Kier molecular flexibility index (Phi) is 4.78. The number of thioether (sulfide) groups is 1. The minimum absolute atomic E-state index is 0.177. The van der Waals surface area contributed by atoms with E-state index in [1.165, 1.54) is 0 Å². The molecule has 0 heterocycles. The van der Waals surface area contributed by atoms with Crippen molar-refractivity contribution in [1.29, 1.82) is 0 Å². The van der Waals surface area contributed by atoms with Gasteiger partial charge < -0.3 is 11.1 Å². The third kappa shape index (κ3) is 3.64. The van der Waals surface area contributed by atoms with Crippen molar-refractivity contribution in [2.45, 2.75) is 0 Å². The van der Waals surface area contributed by atoms with Crippen molar-refractivity contribution < 1.29 is 4.79 Å². The second-order valence-corrected chi connectivity index (χ2v) is 4.40. The van der Waals surface area contributed by atoms with Crippen LogP contribution in [0.15, 0.2) is 18.2 Å². The molecule has 0 aliphatic heterocycles. The van der Waals surface area contributed by atoms with E-state index in [4.69, 9.17) is 17.3 Å². The maximum Gasteiger partial charge on any atom is 0.253 e. The standard InChI is InChI=1S/C10H13ClN2OS/c1-15-5-4-13-10(14)8-6-7(11)2-3-9(8)12/h2-3,6H,4-5,12H2,1H3,(H,13,14). The first kappa shape index (κ1) is 12.2. The normalized spacial score (nSPS) is 10.0. The molecule has 1 aromatic carbocycles. The van der Waals surface area contributed by atoms with E-state index in [0.29, 0.717) is 22.8 Å². The number of hydrogen-bond acceptors (Lipinski definition) is 3. The molecule has 5 heteroatoms. The monoisotopic (exact) mass is 244 g/mol. The number of nitrogens with one attached hydrogen (secondary N) is 1. The highest BCUT2D eigenvalue weighted by Gasteiger charge is 2.09. The lowest BCUT2D eigenvalue weighted by Crippen LogP contribution is -2.26. The zero-order valence-corrected chi connectivity index (χ0v) is 9.99. The highest BCUT2D eigenvalue weighted by molar-refractivity contribution is 7.98. The van der Waals surface area contributed by atoms with Crippen LogP contribution in [0.4, 0.5) is 5.69 Å². The molecule has 3 N–H and O–H groups in total. The third-order valence-corrected chi connectivity index (χ3v) is 2.70. The van der Waals surface area contributed by atoms with Gasteiger partial charge in [-0.15, -0.1) is 0 Å². The quantitative estimate of drug-likeness (QED) is 0.629. The molecule has 0 aliphatic carbocycles. The summed E-state index contributed by atoms with van der Waals surface area (Å²) in [6, 6.07) is 4.87. The summed E-state index contributed by atoms with van der Waals surface area (Å²) in [5.74, 6) is 0.704. The molecule has 1 aromatic rings. The smallest absolute Gasteiger partial charge is 0.253 e. The number of carbonyl (C=O) groups excluding carboxylic acids is 1. The molecule has 0 aromatic heterocycles. The van der Waals surface area contributed by atoms with Gasteiger partial charge in [-0.05, 0) is 24.5 Å². The number of nitrogens with two attached hydrogens (primary N) is 1. The molecule has 0 bridgehead atoms. The fraction of sp³-hybridized carbons (Fsp3) is 0.300. The molecule has 0 fully saturated rings. The van der Waals surface area contributed by atoms with Crippen LogP contribution in [0.25, 0.3) is 0 Å². The van der Waals surface area contributed by atoms with E-state index < -0.39 is 0 Å². The minimum Gasteiger partial charge on any atom is -0.398 e.